The van der Waals surface area contributed by atoms with Gasteiger partial charge in [-0.2, -0.15) is 0 Å². The predicted molar refractivity (Wildman–Crippen MR) is 71.6 cm³/mol. The Bertz CT molecular complexity index is 665. The number of aliphatic imine (C=N–C) groups is 1. The van der Waals surface area contributed by atoms with E-state index >= 15 is 0 Å². The summed E-state index contributed by atoms with van der Waals surface area (Å²) in [6.45, 7) is 0. The van der Waals surface area contributed by atoms with Crippen molar-refractivity contribution in [1.29, 1.82) is 0 Å². The van der Waals surface area contributed by atoms with E-state index in [1.807, 2.05) is 6.07 Å². The molecule has 0 N–H and O–H groups in total. The second kappa shape index (κ2) is 3.17. The minimum Gasteiger partial charge on any atom is -0.260 e. The summed E-state index contributed by atoms with van der Waals surface area (Å²) in [4.78, 5) is 4.57. The monoisotopic (exact) mass is 217 g/mol. The van der Waals surface area contributed by atoms with Crippen LogP contribution in [-0.2, 0) is 0 Å². The van der Waals surface area contributed by atoms with Gasteiger partial charge in [-0.05, 0) is 28.8 Å². The van der Waals surface area contributed by atoms with E-state index in [9.17, 15) is 0 Å². The van der Waals surface area contributed by atoms with Gasteiger partial charge in [-0.3, -0.25) is 4.99 Å². The summed E-state index contributed by atoms with van der Waals surface area (Å²) >= 11 is 0. The molecule has 0 fully saturated rings. The lowest BCUT2D eigenvalue weighted by Crippen LogP contribution is -2.03. The molecule has 17 heavy (non-hydrogen) atoms. The number of rotatable bonds is 0. The minimum absolute atomic E-state index is 0.348. The number of allylic oxidation sites excluding steroid dienone is 1. The Morgan fingerprint density at radius 1 is 0.882 bits per heavy atom. The zero-order valence-corrected chi connectivity index (χ0v) is 9.30. The smallest absolute Gasteiger partial charge is 0.0701 e. The number of benzene rings is 2. The van der Waals surface area contributed by atoms with Crippen molar-refractivity contribution in [2.45, 2.75) is 5.92 Å². The van der Waals surface area contributed by atoms with E-state index < -0.39 is 0 Å². The van der Waals surface area contributed by atoms with Gasteiger partial charge in [0.2, 0.25) is 0 Å². The van der Waals surface area contributed by atoms with Gasteiger partial charge >= 0.3 is 0 Å². The van der Waals surface area contributed by atoms with Crippen molar-refractivity contribution >= 4 is 23.6 Å². The molecule has 0 aromatic heterocycles. The summed E-state index contributed by atoms with van der Waals surface area (Å²) in [6, 6.07) is 16.9. The highest BCUT2D eigenvalue weighted by atomic mass is 14.7. The third kappa shape index (κ3) is 1.17. The van der Waals surface area contributed by atoms with Crippen LogP contribution in [0.25, 0.3) is 11.6 Å². The Kier molecular flexibility index (Phi) is 1.67. The fourth-order valence-corrected chi connectivity index (χ4v) is 2.74. The first-order valence-corrected chi connectivity index (χ1v) is 5.87. The van der Waals surface area contributed by atoms with E-state index in [0.717, 1.165) is 5.69 Å². The second-order valence-corrected chi connectivity index (χ2v) is 4.50. The van der Waals surface area contributed by atoms with Crippen LogP contribution < -0.4 is 0 Å². The molecule has 80 valence electrons. The van der Waals surface area contributed by atoms with E-state index in [1.54, 1.807) is 0 Å². The van der Waals surface area contributed by atoms with Gasteiger partial charge in [0.25, 0.3) is 0 Å². The summed E-state index contributed by atoms with van der Waals surface area (Å²) < 4.78 is 0. The zero-order chi connectivity index (χ0) is 11.2. The Hall–Kier alpha value is -2.15. The van der Waals surface area contributed by atoms with Crippen LogP contribution in [0.3, 0.4) is 0 Å². The molecule has 2 aromatic carbocycles. The summed E-state index contributed by atoms with van der Waals surface area (Å²) in [7, 11) is 0. The summed E-state index contributed by atoms with van der Waals surface area (Å²) in [5, 5.41) is 0. The molecule has 1 heterocycles. The second-order valence-electron chi connectivity index (χ2n) is 4.50. The van der Waals surface area contributed by atoms with Gasteiger partial charge in [0.1, 0.15) is 0 Å². The van der Waals surface area contributed by atoms with Crippen LogP contribution in [0.1, 0.15) is 22.6 Å². The van der Waals surface area contributed by atoms with E-state index in [-0.39, 0.29) is 0 Å². The van der Waals surface area contributed by atoms with Crippen LogP contribution >= 0.6 is 0 Å². The lowest BCUT2D eigenvalue weighted by atomic mass is 9.89. The molecule has 1 atom stereocenters. The molecule has 0 amide bonds. The SMILES string of the molecule is C1=Nc2ccccc2C2=Cc3ccccc3C12. The van der Waals surface area contributed by atoms with Crippen LogP contribution in [0.4, 0.5) is 5.69 Å². The number of hydrogen-bond acceptors (Lipinski definition) is 1. The fourth-order valence-electron chi connectivity index (χ4n) is 2.74. The fraction of sp³-hybridized carbons (Fsp3) is 0.0625. The van der Waals surface area contributed by atoms with Crippen LogP contribution in [0, 0.1) is 0 Å². The van der Waals surface area contributed by atoms with Crippen molar-refractivity contribution in [3.05, 3.63) is 65.2 Å². The molecule has 0 saturated carbocycles. The standard InChI is InChI=1S/C16H11N/c1-2-6-12-11(5-1)9-14-13-7-3-4-8-16(13)17-10-15(12)14/h1-10,15H. The molecule has 1 heteroatoms. The average Bonchev–Trinajstić information content (AvgIpc) is 2.78. The van der Waals surface area contributed by atoms with Crippen LogP contribution in [0.15, 0.2) is 53.5 Å². The third-order valence-electron chi connectivity index (χ3n) is 3.55. The predicted octanol–water partition coefficient (Wildman–Crippen LogP) is 4.04. The van der Waals surface area contributed by atoms with Gasteiger partial charge in [-0.1, -0.05) is 42.5 Å². The van der Waals surface area contributed by atoms with E-state index in [1.165, 1.54) is 22.3 Å². The van der Waals surface area contributed by atoms with Crippen molar-refractivity contribution < 1.29 is 0 Å². The molecule has 1 unspecified atom stereocenters. The number of fused-ring (bicyclic) bond motifs is 5. The quantitative estimate of drug-likeness (QED) is 0.631. The van der Waals surface area contributed by atoms with Crippen molar-refractivity contribution in [2.24, 2.45) is 4.99 Å². The van der Waals surface area contributed by atoms with Gasteiger partial charge in [0, 0.05) is 17.7 Å². The van der Waals surface area contributed by atoms with Crippen LogP contribution in [0.2, 0.25) is 0 Å². The molecule has 2 aliphatic rings. The van der Waals surface area contributed by atoms with E-state index in [0.29, 0.717) is 5.92 Å². The maximum Gasteiger partial charge on any atom is 0.0701 e. The number of nitrogens with zero attached hydrogens (tertiary/aromatic N) is 1. The van der Waals surface area contributed by atoms with E-state index in [4.69, 9.17) is 0 Å². The molecule has 0 spiro atoms. The first-order chi connectivity index (χ1) is 8.43. The maximum atomic E-state index is 4.57. The van der Waals surface area contributed by atoms with Crippen molar-refractivity contribution in [2.75, 3.05) is 0 Å². The third-order valence-corrected chi connectivity index (χ3v) is 3.55. The molecule has 0 bridgehead atoms. The molecular formula is C16H11N. The molecule has 1 aliphatic carbocycles. The van der Waals surface area contributed by atoms with Crippen LogP contribution in [-0.4, -0.2) is 6.21 Å². The zero-order valence-electron chi connectivity index (χ0n) is 9.30. The summed E-state index contributed by atoms with van der Waals surface area (Å²) in [5.41, 5.74) is 6.45. The van der Waals surface area contributed by atoms with Gasteiger partial charge in [0.15, 0.2) is 0 Å². The molecule has 4 rings (SSSR count). The van der Waals surface area contributed by atoms with Crippen molar-refractivity contribution in [3.63, 3.8) is 0 Å². The highest BCUT2D eigenvalue weighted by Gasteiger charge is 2.28. The lowest BCUT2D eigenvalue weighted by Gasteiger charge is -2.18. The highest BCUT2D eigenvalue weighted by Crippen LogP contribution is 2.46. The first kappa shape index (κ1) is 8.94. The van der Waals surface area contributed by atoms with Crippen molar-refractivity contribution in [3.8, 4) is 0 Å². The average molecular weight is 217 g/mol. The van der Waals surface area contributed by atoms with Gasteiger partial charge < -0.3 is 0 Å². The first-order valence-electron chi connectivity index (χ1n) is 5.87. The molecular weight excluding hydrogens is 206 g/mol. The molecule has 0 radical (unpaired) electrons. The normalized spacial score (nSPS) is 19.3. The molecule has 1 aliphatic heterocycles. The topological polar surface area (TPSA) is 12.4 Å². The summed E-state index contributed by atoms with van der Waals surface area (Å²) in [6.07, 6.45) is 4.37. The van der Waals surface area contributed by atoms with Crippen LogP contribution in [0.5, 0.6) is 0 Å². The molecule has 0 saturated heterocycles. The van der Waals surface area contributed by atoms with Gasteiger partial charge in [0.05, 0.1) is 5.69 Å². The highest BCUT2D eigenvalue weighted by molar-refractivity contribution is 6.06. The lowest BCUT2D eigenvalue weighted by molar-refractivity contribution is 1.18. The Labute approximate surface area is 100 Å². The largest absolute Gasteiger partial charge is 0.260 e. The number of hydrogen-bond donors (Lipinski definition) is 0. The summed E-state index contributed by atoms with van der Waals surface area (Å²) in [5.74, 6) is 0.348. The Morgan fingerprint density at radius 3 is 2.71 bits per heavy atom. The number of para-hydroxylation sites is 1. The van der Waals surface area contributed by atoms with Gasteiger partial charge in [-0.25, -0.2) is 0 Å². The van der Waals surface area contributed by atoms with E-state index in [2.05, 4.69) is 59.7 Å². The van der Waals surface area contributed by atoms with Crippen molar-refractivity contribution in [1.82, 2.24) is 0 Å². The Morgan fingerprint density at radius 2 is 1.71 bits per heavy atom. The Balaban J connectivity index is 1.98. The minimum atomic E-state index is 0.348. The molecule has 1 nitrogen and oxygen atoms in total. The molecule has 2 aromatic rings. The van der Waals surface area contributed by atoms with Gasteiger partial charge in [-0.15, -0.1) is 0 Å². The maximum absolute atomic E-state index is 4.57.